The molecule has 1 aromatic carbocycles. The van der Waals surface area contributed by atoms with Gasteiger partial charge in [-0.2, -0.15) is 4.31 Å². The summed E-state index contributed by atoms with van der Waals surface area (Å²) < 4.78 is 46.7. The fourth-order valence-corrected chi connectivity index (χ4v) is 5.90. The summed E-state index contributed by atoms with van der Waals surface area (Å²) in [5.74, 6) is -0.350. The van der Waals surface area contributed by atoms with Crippen molar-refractivity contribution in [1.29, 1.82) is 0 Å². The van der Waals surface area contributed by atoms with Gasteiger partial charge in [0.2, 0.25) is 10.0 Å². The molecule has 2 aliphatic rings. The number of ether oxygens (including phenoxy) is 1. The summed E-state index contributed by atoms with van der Waals surface area (Å²) >= 11 is 0. The number of hydrogen-bond acceptors (Lipinski definition) is 4. The summed E-state index contributed by atoms with van der Waals surface area (Å²) in [5, 5.41) is 3.34. The van der Waals surface area contributed by atoms with Crippen molar-refractivity contribution in [3.8, 4) is 0 Å². The molecule has 2 heterocycles. The molecule has 0 aromatic heterocycles. The Bertz CT molecular complexity index is 702. The highest BCUT2D eigenvalue weighted by Crippen LogP contribution is 2.45. The van der Waals surface area contributed by atoms with Gasteiger partial charge in [0.05, 0.1) is 11.5 Å². The molecule has 2 saturated heterocycles. The van der Waals surface area contributed by atoms with Crippen LogP contribution in [-0.4, -0.2) is 52.6 Å². The average molecular weight is 356 g/mol. The van der Waals surface area contributed by atoms with Gasteiger partial charge in [0.1, 0.15) is 5.82 Å². The molecule has 1 N–H and O–H groups in total. The van der Waals surface area contributed by atoms with Gasteiger partial charge in [-0.15, -0.1) is 0 Å². The van der Waals surface area contributed by atoms with Crippen LogP contribution in [0, 0.1) is 24.1 Å². The first-order valence-electron chi connectivity index (χ1n) is 8.35. The van der Waals surface area contributed by atoms with E-state index in [4.69, 9.17) is 4.74 Å². The second-order valence-electron chi connectivity index (χ2n) is 6.97. The highest BCUT2D eigenvalue weighted by atomic mass is 32.2. The summed E-state index contributed by atoms with van der Waals surface area (Å²) in [5.41, 5.74) is 0.529. The van der Waals surface area contributed by atoms with Crippen molar-refractivity contribution >= 4 is 10.0 Å². The van der Waals surface area contributed by atoms with Crippen molar-refractivity contribution in [2.24, 2.45) is 11.3 Å². The first kappa shape index (κ1) is 17.8. The predicted octanol–water partition coefficient (Wildman–Crippen LogP) is 1.77. The van der Waals surface area contributed by atoms with Crippen LogP contribution in [0.3, 0.4) is 0 Å². The maximum Gasteiger partial charge on any atom is 0.243 e. The fourth-order valence-electron chi connectivity index (χ4n) is 4.08. The number of hydrogen-bond donors (Lipinski definition) is 1. The maximum absolute atomic E-state index is 13.6. The van der Waals surface area contributed by atoms with Crippen LogP contribution in [0.4, 0.5) is 4.39 Å². The van der Waals surface area contributed by atoms with E-state index in [0.717, 1.165) is 32.0 Å². The molecule has 3 rings (SSSR count). The minimum Gasteiger partial charge on any atom is -0.384 e. The molecule has 0 saturated carbocycles. The summed E-state index contributed by atoms with van der Waals surface area (Å²) in [6, 6.07) is 3.94. The van der Waals surface area contributed by atoms with E-state index in [1.165, 1.54) is 16.4 Å². The van der Waals surface area contributed by atoms with Crippen LogP contribution in [0.2, 0.25) is 0 Å². The smallest absolute Gasteiger partial charge is 0.243 e. The van der Waals surface area contributed by atoms with Crippen molar-refractivity contribution in [2.45, 2.75) is 24.7 Å². The van der Waals surface area contributed by atoms with Gasteiger partial charge >= 0.3 is 0 Å². The van der Waals surface area contributed by atoms with E-state index in [9.17, 15) is 12.8 Å². The molecule has 7 heteroatoms. The molecule has 24 heavy (non-hydrogen) atoms. The van der Waals surface area contributed by atoms with Crippen LogP contribution in [0.25, 0.3) is 0 Å². The Morgan fingerprint density at radius 1 is 1.38 bits per heavy atom. The molecule has 0 aliphatic carbocycles. The number of nitrogens with zero attached hydrogens (tertiary/aromatic N) is 1. The number of nitrogens with one attached hydrogen (secondary N) is 1. The molecule has 0 amide bonds. The lowest BCUT2D eigenvalue weighted by atomic mass is 9.71. The predicted molar refractivity (Wildman–Crippen MR) is 89.8 cm³/mol. The van der Waals surface area contributed by atoms with Gasteiger partial charge in [-0.25, -0.2) is 12.8 Å². The first-order chi connectivity index (χ1) is 11.4. The van der Waals surface area contributed by atoms with E-state index in [1.807, 2.05) is 0 Å². The second-order valence-corrected chi connectivity index (χ2v) is 8.88. The van der Waals surface area contributed by atoms with Crippen LogP contribution >= 0.6 is 0 Å². The Labute approximate surface area is 143 Å². The number of rotatable bonds is 4. The number of halogens is 1. The summed E-state index contributed by atoms with van der Waals surface area (Å²) in [7, 11) is -2.05. The molecule has 1 aromatic rings. The van der Waals surface area contributed by atoms with Gasteiger partial charge in [0.25, 0.3) is 0 Å². The molecule has 2 fully saturated rings. The lowest BCUT2D eigenvalue weighted by Gasteiger charge is -2.38. The zero-order valence-corrected chi connectivity index (χ0v) is 15.0. The Balaban J connectivity index is 1.93. The van der Waals surface area contributed by atoms with Crippen molar-refractivity contribution in [1.82, 2.24) is 9.62 Å². The quantitative estimate of drug-likeness (QED) is 0.893. The molecule has 134 valence electrons. The first-order valence-corrected chi connectivity index (χ1v) is 9.79. The van der Waals surface area contributed by atoms with Gasteiger partial charge in [0.15, 0.2) is 0 Å². The average Bonchev–Trinajstić information content (AvgIpc) is 2.90. The number of piperidine rings is 1. The minimum absolute atomic E-state index is 0.0461. The number of sulfonamides is 1. The van der Waals surface area contributed by atoms with E-state index in [-0.39, 0.29) is 16.2 Å². The molecular formula is C17H25FN2O3S. The molecule has 2 aliphatic heterocycles. The third kappa shape index (κ3) is 3.10. The van der Waals surface area contributed by atoms with E-state index >= 15 is 0 Å². The van der Waals surface area contributed by atoms with Crippen molar-refractivity contribution < 1.29 is 17.5 Å². The Hall–Kier alpha value is -1.02. The SMILES string of the molecule is COCC1CN(S(=O)(=O)c2cc(F)ccc2C)CC12CCNCC2. The lowest BCUT2D eigenvalue weighted by molar-refractivity contribution is 0.0718. The van der Waals surface area contributed by atoms with E-state index in [0.29, 0.717) is 25.3 Å². The van der Waals surface area contributed by atoms with E-state index < -0.39 is 15.8 Å². The third-order valence-electron chi connectivity index (χ3n) is 5.52. The number of methoxy groups -OCH3 is 1. The summed E-state index contributed by atoms with van der Waals surface area (Å²) in [6.07, 6.45) is 1.88. The third-order valence-corrected chi connectivity index (χ3v) is 7.47. The van der Waals surface area contributed by atoms with E-state index in [2.05, 4.69) is 5.32 Å². The molecule has 1 unspecified atom stereocenters. The van der Waals surface area contributed by atoms with Gasteiger partial charge < -0.3 is 10.1 Å². The Morgan fingerprint density at radius 3 is 2.75 bits per heavy atom. The van der Waals surface area contributed by atoms with Gasteiger partial charge in [0, 0.05) is 26.1 Å². The normalized spacial score (nSPS) is 24.5. The number of benzene rings is 1. The van der Waals surface area contributed by atoms with Crippen molar-refractivity contribution in [2.75, 3.05) is 39.9 Å². The number of aryl methyl sites for hydroxylation is 1. The van der Waals surface area contributed by atoms with Crippen LogP contribution in [0.5, 0.6) is 0 Å². The van der Waals surface area contributed by atoms with Crippen LogP contribution < -0.4 is 5.32 Å². The molecule has 5 nitrogen and oxygen atoms in total. The molecular weight excluding hydrogens is 331 g/mol. The second kappa shape index (κ2) is 6.71. The van der Waals surface area contributed by atoms with Crippen LogP contribution in [0.1, 0.15) is 18.4 Å². The lowest BCUT2D eigenvalue weighted by Crippen LogP contribution is -2.43. The zero-order chi connectivity index (χ0) is 17.4. The molecule has 0 radical (unpaired) electrons. The standard InChI is InChI=1S/C17H25FN2O3S/c1-13-3-4-15(18)9-16(13)24(21,22)20-10-14(11-23-2)17(12-20)5-7-19-8-6-17/h3-4,9,14,19H,5-8,10-12H2,1-2H3. The van der Waals surface area contributed by atoms with Gasteiger partial charge in [-0.3, -0.25) is 0 Å². The van der Waals surface area contributed by atoms with Crippen molar-refractivity contribution in [3.63, 3.8) is 0 Å². The van der Waals surface area contributed by atoms with Gasteiger partial charge in [-0.1, -0.05) is 6.07 Å². The molecule has 1 spiro atoms. The minimum atomic E-state index is -3.70. The van der Waals surface area contributed by atoms with Crippen molar-refractivity contribution in [3.05, 3.63) is 29.6 Å². The highest BCUT2D eigenvalue weighted by molar-refractivity contribution is 7.89. The summed E-state index contributed by atoms with van der Waals surface area (Å²) in [4.78, 5) is 0.0738. The van der Waals surface area contributed by atoms with E-state index in [1.54, 1.807) is 14.0 Å². The fraction of sp³-hybridized carbons (Fsp3) is 0.647. The highest BCUT2D eigenvalue weighted by Gasteiger charge is 2.50. The topological polar surface area (TPSA) is 58.6 Å². The molecule has 0 bridgehead atoms. The van der Waals surface area contributed by atoms with Crippen LogP contribution in [0.15, 0.2) is 23.1 Å². The Morgan fingerprint density at radius 2 is 2.08 bits per heavy atom. The van der Waals surface area contributed by atoms with Crippen LogP contribution in [-0.2, 0) is 14.8 Å². The monoisotopic (exact) mass is 356 g/mol. The zero-order valence-electron chi connectivity index (χ0n) is 14.2. The summed E-state index contributed by atoms with van der Waals surface area (Å²) in [6.45, 7) is 4.97. The molecule has 1 atom stereocenters. The largest absolute Gasteiger partial charge is 0.384 e. The Kier molecular flexibility index (Phi) is 4.97. The maximum atomic E-state index is 13.6. The van der Waals surface area contributed by atoms with Gasteiger partial charge in [-0.05, 0) is 56.0 Å².